The average molecular weight is 272 g/mol. The molecule has 0 heterocycles. The summed E-state index contributed by atoms with van der Waals surface area (Å²) in [5.41, 5.74) is 7.88. The van der Waals surface area contributed by atoms with Crippen LogP contribution < -0.4 is 5.73 Å². The Morgan fingerprint density at radius 3 is 2.12 bits per heavy atom. The number of benzene rings is 1. The number of aryl methyl sites for hydroxylation is 3. The van der Waals surface area contributed by atoms with Crippen molar-refractivity contribution in [2.24, 2.45) is 10.1 Å². The van der Waals surface area contributed by atoms with Crippen molar-refractivity contribution in [2.45, 2.75) is 25.7 Å². The highest BCUT2D eigenvalue weighted by Gasteiger charge is 2.19. The Bertz CT molecular complexity index is 540. The Hall–Kier alpha value is -1.01. The molecule has 0 fully saturated rings. The van der Waals surface area contributed by atoms with Crippen molar-refractivity contribution in [3.8, 4) is 0 Å². The standard InChI is InChI=1S/C11H16N2O2S2/c1-7-5-8(2)10(9(3)6-7)17(14,15)13-11(12)16-4/h5-6H,1-4H3,(H2,12,13). The first-order valence-electron chi connectivity index (χ1n) is 5.00. The molecule has 0 aliphatic rings. The van der Waals surface area contributed by atoms with Gasteiger partial charge in [0.05, 0.1) is 4.90 Å². The van der Waals surface area contributed by atoms with E-state index in [0.29, 0.717) is 11.1 Å². The Morgan fingerprint density at radius 2 is 1.71 bits per heavy atom. The van der Waals surface area contributed by atoms with Gasteiger partial charge in [0.25, 0.3) is 10.0 Å². The van der Waals surface area contributed by atoms with E-state index in [0.717, 1.165) is 17.3 Å². The third-order valence-corrected chi connectivity index (χ3v) is 4.50. The number of sulfonamides is 1. The molecular formula is C11H16N2O2S2. The quantitative estimate of drug-likeness (QED) is 0.660. The fourth-order valence-electron chi connectivity index (χ4n) is 1.78. The van der Waals surface area contributed by atoms with Crippen molar-refractivity contribution in [3.63, 3.8) is 0 Å². The van der Waals surface area contributed by atoms with E-state index in [2.05, 4.69) is 4.40 Å². The molecule has 0 unspecified atom stereocenters. The minimum Gasteiger partial charge on any atom is -0.378 e. The van der Waals surface area contributed by atoms with Crippen LogP contribution in [-0.4, -0.2) is 19.8 Å². The van der Waals surface area contributed by atoms with Crippen LogP contribution >= 0.6 is 11.8 Å². The summed E-state index contributed by atoms with van der Waals surface area (Å²) in [6, 6.07) is 3.65. The lowest BCUT2D eigenvalue weighted by Crippen LogP contribution is -2.11. The zero-order chi connectivity index (χ0) is 13.2. The maximum atomic E-state index is 12.1. The Labute approximate surface area is 106 Å². The largest absolute Gasteiger partial charge is 0.378 e. The van der Waals surface area contributed by atoms with Gasteiger partial charge in [-0.1, -0.05) is 29.5 Å². The Morgan fingerprint density at radius 1 is 1.24 bits per heavy atom. The lowest BCUT2D eigenvalue weighted by atomic mass is 10.1. The molecule has 0 saturated heterocycles. The molecule has 0 spiro atoms. The summed E-state index contributed by atoms with van der Waals surface area (Å²) < 4.78 is 27.7. The predicted molar refractivity (Wildman–Crippen MR) is 73.0 cm³/mol. The number of hydrogen-bond donors (Lipinski definition) is 1. The molecule has 0 aliphatic carbocycles. The fourth-order valence-corrected chi connectivity index (χ4v) is 3.63. The zero-order valence-corrected chi connectivity index (χ0v) is 11.9. The summed E-state index contributed by atoms with van der Waals surface area (Å²) in [4.78, 5) is 0.250. The highest BCUT2D eigenvalue weighted by atomic mass is 32.2. The van der Waals surface area contributed by atoms with Gasteiger partial charge in [0.1, 0.15) is 0 Å². The van der Waals surface area contributed by atoms with E-state index in [9.17, 15) is 8.42 Å². The second-order valence-corrected chi connectivity index (χ2v) is 6.20. The second kappa shape index (κ2) is 5.10. The van der Waals surface area contributed by atoms with E-state index < -0.39 is 10.0 Å². The summed E-state index contributed by atoms with van der Waals surface area (Å²) in [6.45, 7) is 5.45. The molecule has 0 radical (unpaired) electrons. The van der Waals surface area contributed by atoms with Crippen LogP contribution in [0.2, 0.25) is 0 Å². The molecule has 1 aromatic carbocycles. The molecule has 1 aromatic rings. The zero-order valence-electron chi connectivity index (χ0n) is 10.3. The first kappa shape index (κ1) is 14.1. The molecule has 0 bridgehead atoms. The van der Waals surface area contributed by atoms with Gasteiger partial charge in [-0.2, -0.15) is 8.42 Å². The van der Waals surface area contributed by atoms with E-state index in [1.165, 1.54) is 0 Å². The molecule has 4 nitrogen and oxygen atoms in total. The summed E-state index contributed by atoms with van der Waals surface area (Å²) in [7, 11) is -3.71. The molecule has 17 heavy (non-hydrogen) atoms. The van der Waals surface area contributed by atoms with Crippen molar-refractivity contribution in [2.75, 3.05) is 6.26 Å². The van der Waals surface area contributed by atoms with Gasteiger partial charge in [-0.15, -0.1) is 4.40 Å². The van der Waals surface area contributed by atoms with Crippen LogP contribution in [0.4, 0.5) is 0 Å². The maximum Gasteiger partial charge on any atom is 0.285 e. The van der Waals surface area contributed by atoms with E-state index in [1.54, 1.807) is 20.1 Å². The van der Waals surface area contributed by atoms with Crippen LogP contribution in [0.25, 0.3) is 0 Å². The highest BCUT2D eigenvalue weighted by molar-refractivity contribution is 8.13. The van der Waals surface area contributed by atoms with E-state index in [-0.39, 0.29) is 10.1 Å². The molecule has 0 amide bonds. The molecule has 0 aliphatic heterocycles. The van der Waals surface area contributed by atoms with E-state index >= 15 is 0 Å². The molecule has 0 aromatic heterocycles. The van der Waals surface area contributed by atoms with Crippen LogP contribution in [0.15, 0.2) is 21.4 Å². The number of nitrogens with zero attached hydrogens (tertiary/aromatic N) is 1. The van der Waals surface area contributed by atoms with Crippen LogP contribution in [0, 0.1) is 20.8 Å². The van der Waals surface area contributed by atoms with Crippen molar-refractivity contribution < 1.29 is 8.42 Å². The summed E-state index contributed by atoms with van der Waals surface area (Å²) in [5, 5.41) is 0.0457. The predicted octanol–water partition coefficient (Wildman–Crippen LogP) is 1.98. The molecule has 2 N–H and O–H groups in total. The topological polar surface area (TPSA) is 72.5 Å². The minimum absolute atomic E-state index is 0.0457. The van der Waals surface area contributed by atoms with Crippen molar-refractivity contribution >= 4 is 27.0 Å². The van der Waals surface area contributed by atoms with Crippen LogP contribution in [0.5, 0.6) is 0 Å². The number of rotatable bonds is 2. The monoisotopic (exact) mass is 272 g/mol. The van der Waals surface area contributed by atoms with E-state index in [4.69, 9.17) is 5.73 Å². The fraction of sp³-hybridized carbons (Fsp3) is 0.364. The van der Waals surface area contributed by atoms with Crippen molar-refractivity contribution in [1.29, 1.82) is 0 Å². The first-order chi connectivity index (χ1) is 7.77. The van der Waals surface area contributed by atoms with Gasteiger partial charge in [-0.3, -0.25) is 0 Å². The molecule has 94 valence electrons. The molecular weight excluding hydrogens is 256 g/mol. The normalized spacial score (nSPS) is 12.8. The van der Waals surface area contributed by atoms with Crippen molar-refractivity contribution in [1.82, 2.24) is 0 Å². The molecule has 0 saturated carbocycles. The molecule has 6 heteroatoms. The van der Waals surface area contributed by atoms with Gasteiger partial charge in [0.2, 0.25) is 0 Å². The SMILES string of the molecule is CS/C(N)=N\S(=O)(=O)c1c(C)cc(C)cc1C. The van der Waals surface area contributed by atoms with Gasteiger partial charge in [-0.25, -0.2) is 0 Å². The van der Waals surface area contributed by atoms with Gasteiger partial charge in [0.15, 0.2) is 5.17 Å². The Kier molecular flexibility index (Phi) is 4.21. The maximum absolute atomic E-state index is 12.1. The molecule has 0 atom stereocenters. The van der Waals surface area contributed by atoms with Gasteiger partial charge in [-0.05, 0) is 38.2 Å². The lowest BCUT2D eigenvalue weighted by molar-refractivity contribution is 0.597. The number of amidine groups is 1. The van der Waals surface area contributed by atoms with Gasteiger partial charge in [0, 0.05) is 0 Å². The number of nitrogens with two attached hydrogens (primary N) is 1. The van der Waals surface area contributed by atoms with Crippen molar-refractivity contribution in [3.05, 3.63) is 28.8 Å². The van der Waals surface area contributed by atoms with Crippen LogP contribution in [0.1, 0.15) is 16.7 Å². The Balaban J connectivity index is 3.45. The number of thioether (sulfide) groups is 1. The minimum atomic E-state index is -3.71. The number of hydrogen-bond acceptors (Lipinski definition) is 3. The van der Waals surface area contributed by atoms with Crippen LogP contribution in [-0.2, 0) is 10.0 Å². The third kappa shape index (κ3) is 3.23. The summed E-state index contributed by atoms with van der Waals surface area (Å²) >= 11 is 1.11. The van der Waals surface area contributed by atoms with Gasteiger partial charge >= 0.3 is 0 Å². The first-order valence-corrected chi connectivity index (χ1v) is 7.66. The second-order valence-electron chi connectivity index (χ2n) is 3.84. The molecule has 1 rings (SSSR count). The smallest absolute Gasteiger partial charge is 0.285 e. The highest BCUT2D eigenvalue weighted by Crippen LogP contribution is 2.23. The summed E-state index contributed by atoms with van der Waals surface area (Å²) in [6.07, 6.45) is 1.68. The summed E-state index contributed by atoms with van der Waals surface area (Å²) in [5.74, 6) is 0. The average Bonchev–Trinajstić information content (AvgIpc) is 2.14. The van der Waals surface area contributed by atoms with E-state index in [1.807, 2.05) is 19.1 Å². The van der Waals surface area contributed by atoms with Gasteiger partial charge < -0.3 is 5.73 Å². The lowest BCUT2D eigenvalue weighted by Gasteiger charge is -2.09. The van der Waals surface area contributed by atoms with Crippen LogP contribution in [0.3, 0.4) is 0 Å². The third-order valence-electron chi connectivity index (χ3n) is 2.28.